The van der Waals surface area contributed by atoms with Gasteiger partial charge in [-0.25, -0.2) is 9.97 Å². The molecule has 4 nitrogen and oxygen atoms in total. The molecule has 3 rings (SSSR count). The van der Waals surface area contributed by atoms with Gasteiger partial charge >= 0.3 is 0 Å². The summed E-state index contributed by atoms with van der Waals surface area (Å²) < 4.78 is 5.93. The zero-order valence-corrected chi connectivity index (χ0v) is 9.15. The molecule has 0 spiro atoms. The van der Waals surface area contributed by atoms with Crippen LogP contribution in [0.15, 0.2) is 39.7 Å². The van der Waals surface area contributed by atoms with Crippen LogP contribution in [-0.2, 0) is 0 Å². The van der Waals surface area contributed by atoms with Crippen LogP contribution in [0.3, 0.4) is 0 Å². The average molecular weight is 264 g/mol. The first-order chi connectivity index (χ1) is 7.33. The van der Waals surface area contributed by atoms with E-state index in [1.165, 1.54) is 0 Å². The molecule has 3 aromatic heterocycles. The second kappa shape index (κ2) is 3.20. The standard InChI is InChI=1S/C10H6BrN3O/c11-7-3-8-10(12-4-7)14-9(13-8)6-1-2-15-5-6/h1-5H,(H,12,13,14). The van der Waals surface area contributed by atoms with Crippen molar-refractivity contribution in [3.8, 4) is 11.4 Å². The van der Waals surface area contributed by atoms with E-state index in [2.05, 4.69) is 30.9 Å². The fourth-order valence-corrected chi connectivity index (χ4v) is 1.74. The third-order valence-electron chi connectivity index (χ3n) is 2.10. The summed E-state index contributed by atoms with van der Waals surface area (Å²) in [6, 6.07) is 3.80. The summed E-state index contributed by atoms with van der Waals surface area (Å²) in [5.41, 5.74) is 2.53. The summed E-state index contributed by atoms with van der Waals surface area (Å²) in [5.74, 6) is 0.768. The fraction of sp³-hybridized carbons (Fsp3) is 0. The van der Waals surface area contributed by atoms with E-state index >= 15 is 0 Å². The first-order valence-corrected chi connectivity index (χ1v) is 5.16. The number of hydrogen-bond donors (Lipinski definition) is 1. The molecule has 0 amide bonds. The smallest absolute Gasteiger partial charge is 0.178 e. The molecule has 3 heterocycles. The van der Waals surface area contributed by atoms with Gasteiger partial charge in [0.2, 0.25) is 0 Å². The lowest BCUT2D eigenvalue weighted by atomic mass is 10.3. The molecule has 0 radical (unpaired) electrons. The zero-order valence-electron chi connectivity index (χ0n) is 7.57. The SMILES string of the molecule is Brc1cnc2nc(-c3ccoc3)[nH]c2c1. The number of fused-ring (bicyclic) bond motifs is 1. The van der Waals surface area contributed by atoms with Crippen molar-refractivity contribution >= 4 is 27.1 Å². The fourth-order valence-electron chi connectivity index (χ4n) is 1.41. The number of furan rings is 1. The number of aromatic amines is 1. The van der Waals surface area contributed by atoms with E-state index in [0.29, 0.717) is 5.65 Å². The molecule has 0 aliphatic rings. The maximum Gasteiger partial charge on any atom is 0.178 e. The number of nitrogens with one attached hydrogen (secondary N) is 1. The highest BCUT2D eigenvalue weighted by Gasteiger charge is 2.06. The molecule has 3 aromatic rings. The van der Waals surface area contributed by atoms with Crippen molar-refractivity contribution in [2.24, 2.45) is 0 Å². The molecule has 0 aliphatic carbocycles. The van der Waals surface area contributed by atoms with Crippen molar-refractivity contribution in [3.63, 3.8) is 0 Å². The topological polar surface area (TPSA) is 54.7 Å². The monoisotopic (exact) mass is 263 g/mol. The summed E-state index contributed by atoms with van der Waals surface area (Å²) >= 11 is 3.36. The second-order valence-corrected chi connectivity index (χ2v) is 4.04. The maximum atomic E-state index is 5.00. The van der Waals surface area contributed by atoms with Gasteiger partial charge in [-0.1, -0.05) is 0 Å². The van der Waals surface area contributed by atoms with E-state index in [-0.39, 0.29) is 0 Å². The summed E-state index contributed by atoms with van der Waals surface area (Å²) in [4.78, 5) is 11.7. The Labute approximate surface area is 93.5 Å². The Morgan fingerprint density at radius 3 is 3.13 bits per heavy atom. The molecule has 0 unspecified atom stereocenters. The zero-order chi connectivity index (χ0) is 10.3. The lowest BCUT2D eigenvalue weighted by Crippen LogP contribution is -1.75. The molecule has 1 N–H and O–H groups in total. The molecule has 0 saturated heterocycles. The minimum Gasteiger partial charge on any atom is -0.472 e. The highest BCUT2D eigenvalue weighted by atomic mass is 79.9. The van der Waals surface area contributed by atoms with E-state index in [0.717, 1.165) is 21.4 Å². The van der Waals surface area contributed by atoms with Crippen molar-refractivity contribution in [1.82, 2.24) is 15.0 Å². The molecule has 0 aliphatic heterocycles. The van der Waals surface area contributed by atoms with Crippen LogP contribution < -0.4 is 0 Å². The highest BCUT2D eigenvalue weighted by molar-refractivity contribution is 9.10. The van der Waals surface area contributed by atoms with Crippen LogP contribution in [-0.4, -0.2) is 15.0 Å². The van der Waals surface area contributed by atoms with Crippen LogP contribution in [0.5, 0.6) is 0 Å². The first kappa shape index (κ1) is 8.67. The van der Waals surface area contributed by atoms with Gasteiger partial charge in [-0.05, 0) is 28.1 Å². The van der Waals surface area contributed by atoms with Crippen LogP contribution in [0.25, 0.3) is 22.6 Å². The predicted octanol–water partition coefficient (Wildman–Crippen LogP) is 2.98. The van der Waals surface area contributed by atoms with Crippen LogP contribution >= 0.6 is 15.9 Å². The molecular weight excluding hydrogens is 258 g/mol. The Morgan fingerprint density at radius 2 is 2.33 bits per heavy atom. The van der Waals surface area contributed by atoms with E-state index in [4.69, 9.17) is 4.42 Å². The largest absolute Gasteiger partial charge is 0.472 e. The molecule has 15 heavy (non-hydrogen) atoms. The normalized spacial score (nSPS) is 11.0. The first-order valence-electron chi connectivity index (χ1n) is 4.37. The number of rotatable bonds is 1. The third-order valence-corrected chi connectivity index (χ3v) is 2.53. The van der Waals surface area contributed by atoms with Gasteiger partial charge in [-0.2, -0.15) is 0 Å². The third kappa shape index (κ3) is 1.45. The number of nitrogens with zero attached hydrogens (tertiary/aromatic N) is 2. The molecule has 0 atom stereocenters. The number of pyridine rings is 1. The minimum atomic E-state index is 0.703. The van der Waals surface area contributed by atoms with Crippen molar-refractivity contribution < 1.29 is 4.42 Å². The molecule has 0 aromatic carbocycles. The van der Waals surface area contributed by atoms with Crippen molar-refractivity contribution in [2.45, 2.75) is 0 Å². The Bertz CT molecular complexity index is 600. The summed E-state index contributed by atoms with van der Waals surface area (Å²) in [7, 11) is 0. The molecule has 5 heteroatoms. The van der Waals surface area contributed by atoms with Crippen LogP contribution in [0.2, 0.25) is 0 Å². The Kier molecular flexibility index (Phi) is 1.85. The Morgan fingerprint density at radius 1 is 1.40 bits per heavy atom. The second-order valence-electron chi connectivity index (χ2n) is 3.12. The molecular formula is C10H6BrN3O. The maximum absolute atomic E-state index is 5.00. The summed E-state index contributed by atoms with van der Waals surface area (Å²) in [6.45, 7) is 0. The highest BCUT2D eigenvalue weighted by Crippen LogP contribution is 2.21. The van der Waals surface area contributed by atoms with Gasteiger partial charge in [0.1, 0.15) is 12.1 Å². The van der Waals surface area contributed by atoms with E-state index in [9.17, 15) is 0 Å². The lowest BCUT2D eigenvalue weighted by molar-refractivity contribution is 0.568. The van der Waals surface area contributed by atoms with Crippen molar-refractivity contribution in [1.29, 1.82) is 0 Å². The van der Waals surface area contributed by atoms with Gasteiger partial charge in [-0.3, -0.25) is 0 Å². The van der Waals surface area contributed by atoms with Gasteiger partial charge in [0, 0.05) is 10.7 Å². The summed E-state index contributed by atoms with van der Waals surface area (Å²) in [5, 5.41) is 0. The van der Waals surface area contributed by atoms with E-state index in [1.807, 2.05) is 12.1 Å². The van der Waals surface area contributed by atoms with Gasteiger partial charge in [0.05, 0.1) is 17.3 Å². The van der Waals surface area contributed by atoms with Gasteiger partial charge in [0.15, 0.2) is 5.65 Å². The van der Waals surface area contributed by atoms with Gasteiger partial charge < -0.3 is 9.40 Å². The number of H-pyrrole nitrogens is 1. The Balaban J connectivity index is 2.22. The van der Waals surface area contributed by atoms with Crippen LogP contribution in [0.4, 0.5) is 0 Å². The van der Waals surface area contributed by atoms with Gasteiger partial charge in [0.25, 0.3) is 0 Å². The molecule has 0 bridgehead atoms. The number of halogens is 1. The predicted molar refractivity (Wildman–Crippen MR) is 59.3 cm³/mol. The molecule has 0 saturated carbocycles. The van der Waals surface area contributed by atoms with Crippen LogP contribution in [0, 0.1) is 0 Å². The number of aromatic nitrogens is 3. The van der Waals surface area contributed by atoms with E-state index < -0.39 is 0 Å². The van der Waals surface area contributed by atoms with Crippen molar-refractivity contribution in [3.05, 3.63) is 35.3 Å². The van der Waals surface area contributed by atoms with Crippen LogP contribution in [0.1, 0.15) is 0 Å². The molecule has 74 valence electrons. The quantitative estimate of drug-likeness (QED) is 0.735. The number of imidazole rings is 1. The van der Waals surface area contributed by atoms with Gasteiger partial charge in [-0.15, -0.1) is 0 Å². The minimum absolute atomic E-state index is 0.703. The average Bonchev–Trinajstić information content (AvgIpc) is 2.84. The van der Waals surface area contributed by atoms with E-state index in [1.54, 1.807) is 18.7 Å². The molecule has 0 fully saturated rings. The Hall–Kier alpha value is -1.62. The lowest BCUT2D eigenvalue weighted by Gasteiger charge is -1.87. The van der Waals surface area contributed by atoms with Crippen molar-refractivity contribution in [2.75, 3.05) is 0 Å². The summed E-state index contributed by atoms with van der Waals surface area (Å²) in [6.07, 6.45) is 4.99. The number of hydrogen-bond acceptors (Lipinski definition) is 3.